The van der Waals surface area contributed by atoms with Crippen molar-refractivity contribution >= 4 is 5.91 Å². The summed E-state index contributed by atoms with van der Waals surface area (Å²) in [6.45, 7) is 7.66. The summed E-state index contributed by atoms with van der Waals surface area (Å²) in [6, 6.07) is 16.2. The minimum absolute atomic E-state index is 0.0989. The Bertz CT molecular complexity index is 738. The largest absolute Gasteiger partial charge is 0.481 e. The molecule has 0 radical (unpaired) electrons. The third-order valence-electron chi connectivity index (χ3n) is 4.83. The van der Waals surface area contributed by atoms with E-state index in [0.29, 0.717) is 6.54 Å². The Hall–Kier alpha value is -2.33. The smallest absolute Gasteiger partial charge is 0.261 e. The van der Waals surface area contributed by atoms with Crippen molar-refractivity contribution in [2.24, 2.45) is 0 Å². The maximum Gasteiger partial charge on any atom is 0.261 e. The van der Waals surface area contributed by atoms with Crippen LogP contribution in [0.2, 0.25) is 0 Å². The van der Waals surface area contributed by atoms with E-state index in [1.807, 2.05) is 31.2 Å². The first-order valence-corrected chi connectivity index (χ1v) is 9.42. The van der Waals surface area contributed by atoms with E-state index >= 15 is 0 Å². The Balaban J connectivity index is 1.51. The Morgan fingerprint density at radius 3 is 2.62 bits per heavy atom. The molecule has 0 bridgehead atoms. The maximum absolute atomic E-state index is 12.4. The quantitative estimate of drug-likeness (QED) is 0.827. The van der Waals surface area contributed by atoms with Crippen LogP contribution in [0, 0.1) is 6.92 Å². The van der Waals surface area contributed by atoms with Crippen LogP contribution in [0.3, 0.4) is 0 Å². The summed E-state index contributed by atoms with van der Waals surface area (Å²) in [7, 11) is 0. The van der Waals surface area contributed by atoms with Gasteiger partial charge in [0.05, 0.1) is 0 Å². The Morgan fingerprint density at radius 1 is 1.12 bits per heavy atom. The molecule has 0 aliphatic carbocycles. The van der Waals surface area contributed by atoms with Crippen LogP contribution in [0.15, 0.2) is 48.5 Å². The van der Waals surface area contributed by atoms with Gasteiger partial charge in [0.15, 0.2) is 6.10 Å². The number of carbonyl (C=O) groups is 1. The molecule has 1 aliphatic rings. The molecule has 1 aliphatic heterocycles. The number of nitrogens with one attached hydrogen (secondary N) is 1. The molecular weight excluding hydrogens is 324 g/mol. The molecule has 2 aromatic carbocycles. The third kappa shape index (κ3) is 5.09. The number of hydrogen-bond donors (Lipinski definition) is 1. The molecule has 0 unspecified atom stereocenters. The molecule has 1 N–H and O–H groups in total. The van der Waals surface area contributed by atoms with E-state index in [4.69, 9.17) is 4.74 Å². The summed E-state index contributed by atoms with van der Waals surface area (Å²) in [4.78, 5) is 14.8. The topological polar surface area (TPSA) is 41.6 Å². The predicted molar refractivity (Wildman–Crippen MR) is 104 cm³/mol. The zero-order chi connectivity index (χ0) is 18.4. The van der Waals surface area contributed by atoms with E-state index in [9.17, 15) is 4.79 Å². The molecule has 26 heavy (non-hydrogen) atoms. The lowest BCUT2D eigenvalue weighted by Gasteiger charge is -2.17. The fourth-order valence-corrected chi connectivity index (χ4v) is 3.30. The van der Waals surface area contributed by atoms with Crippen molar-refractivity contribution in [3.05, 3.63) is 65.2 Å². The molecule has 138 valence electrons. The highest BCUT2D eigenvalue weighted by Crippen LogP contribution is 2.18. The van der Waals surface area contributed by atoms with Crippen molar-refractivity contribution in [2.45, 2.75) is 45.9 Å². The number of likely N-dealkylation sites (tertiary alicyclic amines) is 1. The molecule has 4 heteroatoms. The van der Waals surface area contributed by atoms with Gasteiger partial charge in [0.25, 0.3) is 5.91 Å². The Morgan fingerprint density at radius 2 is 1.85 bits per heavy atom. The van der Waals surface area contributed by atoms with Crippen LogP contribution in [0.5, 0.6) is 5.75 Å². The average molecular weight is 352 g/mol. The van der Waals surface area contributed by atoms with Gasteiger partial charge in [-0.1, -0.05) is 42.5 Å². The number of hydrogen-bond acceptors (Lipinski definition) is 3. The van der Waals surface area contributed by atoms with E-state index in [0.717, 1.165) is 23.4 Å². The van der Waals surface area contributed by atoms with Crippen LogP contribution in [-0.4, -0.2) is 30.0 Å². The molecule has 1 amide bonds. The molecule has 4 nitrogen and oxygen atoms in total. The number of rotatable bonds is 7. The SMILES string of the molecule is Cc1ccccc1O[C@H](C)C(=O)NCc1cccc(CN2CCCC2)c1. The lowest BCUT2D eigenvalue weighted by molar-refractivity contribution is -0.127. The lowest BCUT2D eigenvalue weighted by atomic mass is 10.1. The maximum atomic E-state index is 12.4. The van der Waals surface area contributed by atoms with Gasteiger partial charge in [-0.05, 0) is 62.5 Å². The average Bonchev–Trinajstić information content (AvgIpc) is 3.15. The van der Waals surface area contributed by atoms with Crippen molar-refractivity contribution in [1.29, 1.82) is 0 Å². The number of para-hydroxylation sites is 1. The minimum Gasteiger partial charge on any atom is -0.481 e. The standard InChI is InChI=1S/C22H28N2O2/c1-17-8-3-4-11-21(17)26-18(2)22(25)23-15-19-9-7-10-20(14-19)16-24-12-5-6-13-24/h3-4,7-11,14,18H,5-6,12-13,15-16H2,1-2H3,(H,23,25)/t18-/m1/s1. The number of nitrogens with zero attached hydrogens (tertiary/aromatic N) is 1. The second-order valence-electron chi connectivity index (χ2n) is 7.05. The first-order valence-electron chi connectivity index (χ1n) is 9.42. The summed E-state index contributed by atoms with van der Waals surface area (Å²) in [5, 5.41) is 2.98. The zero-order valence-corrected chi connectivity index (χ0v) is 15.7. The van der Waals surface area contributed by atoms with E-state index in [2.05, 4.69) is 34.5 Å². The van der Waals surface area contributed by atoms with Gasteiger partial charge in [-0.15, -0.1) is 0 Å². The van der Waals surface area contributed by atoms with Crippen LogP contribution in [0.4, 0.5) is 0 Å². The highest BCUT2D eigenvalue weighted by atomic mass is 16.5. The number of ether oxygens (including phenoxy) is 1. The minimum atomic E-state index is -0.524. The van der Waals surface area contributed by atoms with Gasteiger partial charge >= 0.3 is 0 Å². The van der Waals surface area contributed by atoms with Crippen LogP contribution >= 0.6 is 0 Å². The fraction of sp³-hybridized carbons (Fsp3) is 0.409. The first kappa shape index (κ1) is 18.5. The van der Waals surface area contributed by atoms with Gasteiger partial charge in [0.1, 0.15) is 5.75 Å². The summed E-state index contributed by atoms with van der Waals surface area (Å²) < 4.78 is 5.79. The number of benzene rings is 2. The van der Waals surface area contributed by atoms with E-state index in [-0.39, 0.29) is 5.91 Å². The number of amides is 1. The Kier molecular flexibility index (Phi) is 6.29. The van der Waals surface area contributed by atoms with Crippen LogP contribution < -0.4 is 10.1 Å². The van der Waals surface area contributed by atoms with Crippen molar-refractivity contribution in [2.75, 3.05) is 13.1 Å². The monoisotopic (exact) mass is 352 g/mol. The van der Waals surface area contributed by atoms with Crippen molar-refractivity contribution < 1.29 is 9.53 Å². The molecule has 1 fully saturated rings. The van der Waals surface area contributed by atoms with Crippen LogP contribution in [0.1, 0.15) is 36.5 Å². The van der Waals surface area contributed by atoms with Crippen LogP contribution in [-0.2, 0) is 17.9 Å². The highest BCUT2D eigenvalue weighted by molar-refractivity contribution is 5.80. The summed E-state index contributed by atoms with van der Waals surface area (Å²) in [6.07, 6.45) is 2.08. The number of carbonyl (C=O) groups excluding carboxylic acids is 1. The van der Waals surface area contributed by atoms with Crippen molar-refractivity contribution in [3.63, 3.8) is 0 Å². The molecule has 1 saturated heterocycles. The lowest BCUT2D eigenvalue weighted by Crippen LogP contribution is -2.36. The fourth-order valence-electron chi connectivity index (χ4n) is 3.30. The molecule has 1 atom stereocenters. The first-order chi connectivity index (χ1) is 12.6. The van der Waals surface area contributed by atoms with Gasteiger partial charge in [0, 0.05) is 13.1 Å². The zero-order valence-electron chi connectivity index (χ0n) is 15.7. The van der Waals surface area contributed by atoms with Crippen molar-refractivity contribution in [3.8, 4) is 5.75 Å². The number of aryl methyl sites for hydroxylation is 1. The predicted octanol–water partition coefficient (Wildman–Crippen LogP) is 3.67. The van der Waals surface area contributed by atoms with Gasteiger partial charge in [-0.3, -0.25) is 9.69 Å². The van der Waals surface area contributed by atoms with E-state index in [1.54, 1.807) is 6.92 Å². The summed E-state index contributed by atoms with van der Waals surface area (Å²) in [5.41, 5.74) is 3.46. The van der Waals surface area contributed by atoms with Crippen molar-refractivity contribution in [1.82, 2.24) is 10.2 Å². The van der Waals surface area contributed by atoms with E-state index < -0.39 is 6.10 Å². The second kappa shape index (κ2) is 8.86. The van der Waals surface area contributed by atoms with Gasteiger partial charge in [-0.25, -0.2) is 0 Å². The van der Waals surface area contributed by atoms with Gasteiger partial charge in [0.2, 0.25) is 0 Å². The molecule has 3 rings (SSSR count). The molecule has 0 spiro atoms. The third-order valence-corrected chi connectivity index (χ3v) is 4.83. The highest BCUT2D eigenvalue weighted by Gasteiger charge is 2.15. The summed E-state index contributed by atoms with van der Waals surface area (Å²) >= 11 is 0. The van der Waals surface area contributed by atoms with Gasteiger partial charge in [-0.2, -0.15) is 0 Å². The Labute approximate surface area is 156 Å². The summed E-state index contributed by atoms with van der Waals surface area (Å²) in [5.74, 6) is 0.654. The second-order valence-corrected chi connectivity index (χ2v) is 7.05. The molecule has 0 saturated carbocycles. The molecule has 1 heterocycles. The van der Waals surface area contributed by atoms with Gasteiger partial charge < -0.3 is 10.1 Å². The molecular formula is C22H28N2O2. The van der Waals surface area contributed by atoms with Crippen LogP contribution in [0.25, 0.3) is 0 Å². The molecule has 0 aromatic heterocycles. The molecule has 2 aromatic rings. The normalized spacial score (nSPS) is 15.6. The van der Waals surface area contributed by atoms with E-state index in [1.165, 1.54) is 31.5 Å².